The normalized spacial score (nSPS) is 26.3. The van der Waals surface area contributed by atoms with E-state index in [9.17, 15) is 9.90 Å². The Kier molecular flexibility index (Phi) is 7.76. The average Bonchev–Trinajstić information content (AvgIpc) is 2.74. The number of ether oxygens (including phenoxy) is 2. The van der Waals surface area contributed by atoms with Gasteiger partial charge in [0.15, 0.2) is 0 Å². The summed E-state index contributed by atoms with van der Waals surface area (Å²) >= 11 is 0. The first-order chi connectivity index (χ1) is 15.6. The molecule has 0 radical (unpaired) electrons. The van der Waals surface area contributed by atoms with E-state index >= 15 is 0 Å². The molecular weight excluding hydrogens is 412 g/mol. The predicted molar refractivity (Wildman–Crippen MR) is 134 cm³/mol. The summed E-state index contributed by atoms with van der Waals surface area (Å²) in [6.45, 7) is 12.9. The number of carbonyl (C=O) groups excluding carboxylic acids is 1. The molecule has 0 bridgehead atoms. The van der Waals surface area contributed by atoms with Gasteiger partial charge in [0, 0.05) is 17.0 Å². The summed E-state index contributed by atoms with van der Waals surface area (Å²) < 4.78 is 11.9. The highest BCUT2D eigenvalue weighted by Gasteiger charge is 2.51. The van der Waals surface area contributed by atoms with Crippen molar-refractivity contribution in [3.8, 4) is 11.5 Å². The van der Waals surface area contributed by atoms with Crippen molar-refractivity contribution in [2.24, 2.45) is 17.8 Å². The van der Waals surface area contributed by atoms with E-state index in [1.807, 2.05) is 0 Å². The van der Waals surface area contributed by atoms with Gasteiger partial charge in [-0.3, -0.25) is 4.79 Å². The molecule has 1 unspecified atom stereocenters. The predicted octanol–water partition coefficient (Wildman–Crippen LogP) is 6.88. The SMILES string of the molecule is COC(=O)[C@@H]1c2cc(O)cc(C/C=C(\C)CCC=C(C)C)c2O[C@]2(C)C=CC(C(C)C)C[C@H]12. The molecule has 1 aromatic rings. The smallest absolute Gasteiger partial charge is 0.313 e. The van der Waals surface area contributed by atoms with Crippen LogP contribution in [0.15, 0.2) is 47.6 Å². The molecule has 0 amide bonds. The quantitative estimate of drug-likeness (QED) is 0.362. The molecule has 2 aliphatic rings. The van der Waals surface area contributed by atoms with E-state index in [0.717, 1.165) is 30.4 Å². The van der Waals surface area contributed by atoms with Gasteiger partial charge in [-0.25, -0.2) is 0 Å². The monoisotopic (exact) mass is 452 g/mol. The Balaban J connectivity index is 2.00. The highest BCUT2D eigenvalue weighted by atomic mass is 16.5. The number of carbonyl (C=O) groups is 1. The Bertz CT molecular complexity index is 964. The van der Waals surface area contributed by atoms with E-state index in [4.69, 9.17) is 9.47 Å². The molecule has 0 saturated heterocycles. The molecule has 0 spiro atoms. The first kappa shape index (κ1) is 25.1. The van der Waals surface area contributed by atoms with Gasteiger partial charge in [0.1, 0.15) is 17.1 Å². The van der Waals surface area contributed by atoms with E-state index in [2.05, 4.69) is 65.8 Å². The molecule has 1 aromatic carbocycles. The number of phenolic OH excluding ortho intramolecular Hbond substituents is 1. The van der Waals surface area contributed by atoms with Crippen LogP contribution >= 0.6 is 0 Å². The van der Waals surface area contributed by atoms with Crippen molar-refractivity contribution in [2.45, 2.75) is 78.7 Å². The zero-order valence-corrected chi connectivity index (χ0v) is 21.3. The lowest BCUT2D eigenvalue weighted by Crippen LogP contribution is -2.50. The van der Waals surface area contributed by atoms with Crippen molar-refractivity contribution in [3.05, 3.63) is 58.7 Å². The molecule has 3 rings (SSSR count). The molecule has 1 aliphatic heterocycles. The molecule has 1 heterocycles. The van der Waals surface area contributed by atoms with Crippen molar-refractivity contribution < 1.29 is 19.4 Å². The van der Waals surface area contributed by atoms with Crippen LogP contribution < -0.4 is 4.74 Å². The number of methoxy groups -OCH3 is 1. The van der Waals surface area contributed by atoms with Gasteiger partial charge in [0.05, 0.1) is 13.0 Å². The van der Waals surface area contributed by atoms with Crippen LogP contribution in [0.5, 0.6) is 11.5 Å². The van der Waals surface area contributed by atoms with Gasteiger partial charge in [-0.15, -0.1) is 0 Å². The zero-order chi connectivity index (χ0) is 24.3. The molecule has 0 saturated carbocycles. The van der Waals surface area contributed by atoms with Crippen LogP contribution in [-0.2, 0) is 16.0 Å². The van der Waals surface area contributed by atoms with Crippen molar-refractivity contribution >= 4 is 5.97 Å². The van der Waals surface area contributed by atoms with Crippen LogP contribution in [0, 0.1) is 17.8 Å². The van der Waals surface area contributed by atoms with Crippen LogP contribution in [-0.4, -0.2) is 23.8 Å². The Labute approximate surface area is 199 Å². The van der Waals surface area contributed by atoms with Crippen molar-refractivity contribution in [1.29, 1.82) is 0 Å². The van der Waals surface area contributed by atoms with Crippen LogP contribution in [0.2, 0.25) is 0 Å². The first-order valence-corrected chi connectivity index (χ1v) is 12.2. The maximum absolute atomic E-state index is 13.1. The summed E-state index contributed by atoms with van der Waals surface area (Å²) in [6, 6.07) is 3.45. The Morgan fingerprint density at radius 1 is 1.27 bits per heavy atom. The largest absolute Gasteiger partial charge is 0.508 e. The second kappa shape index (κ2) is 10.2. The Morgan fingerprint density at radius 3 is 2.64 bits per heavy atom. The maximum atomic E-state index is 13.1. The lowest BCUT2D eigenvalue weighted by Gasteiger charge is -2.48. The molecule has 1 aliphatic carbocycles. The van der Waals surface area contributed by atoms with Gasteiger partial charge < -0.3 is 14.6 Å². The lowest BCUT2D eigenvalue weighted by molar-refractivity contribution is -0.147. The van der Waals surface area contributed by atoms with E-state index in [-0.39, 0.29) is 17.6 Å². The first-order valence-electron chi connectivity index (χ1n) is 12.2. The average molecular weight is 453 g/mol. The van der Waals surface area contributed by atoms with E-state index < -0.39 is 11.5 Å². The summed E-state index contributed by atoms with van der Waals surface area (Å²) in [5.41, 5.74) is 3.68. The topological polar surface area (TPSA) is 55.8 Å². The van der Waals surface area contributed by atoms with Crippen molar-refractivity contribution in [1.82, 2.24) is 0 Å². The van der Waals surface area contributed by atoms with Crippen molar-refractivity contribution in [3.63, 3.8) is 0 Å². The Hall–Kier alpha value is -2.49. The van der Waals surface area contributed by atoms with Crippen LogP contribution in [0.3, 0.4) is 0 Å². The summed E-state index contributed by atoms with van der Waals surface area (Å²) in [5, 5.41) is 10.6. The fraction of sp³-hybridized carbons (Fsp3) is 0.552. The van der Waals surface area contributed by atoms with Crippen LogP contribution in [0.1, 0.15) is 77.8 Å². The van der Waals surface area contributed by atoms with Gasteiger partial charge in [-0.05, 0) is 83.4 Å². The lowest BCUT2D eigenvalue weighted by atomic mass is 9.64. The summed E-state index contributed by atoms with van der Waals surface area (Å²) in [5.74, 6) is 0.941. The third-order valence-corrected chi connectivity index (χ3v) is 7.25. The van der Waals surface area contributed by atoms with Gasteiger partial charge in [-0.1, -0.05) is 43.2 Å². The third-order valence-electron chi connectivity index (χ3n) is 7.25. The minimum Gasteiger partial charge on any atom is -0.508 e. The van der Waals surface area contributed by atoms with Crippen LogP contribution in [0.25, 0.3) is 0 Å². The Morgan fingerprint density at radius 2 is 2.00 bits per heavy atom. The molecular formula is C29H40O4. The summed E-state index contributed by atoms with van der Waals surface area (Å²) in [4.78, 5) is 13.1. The number of fused-ring (bicyclic) bond motifs is 2. The number of aromatic hydroxyl groups is 1. The summed E-state index contributed by atoms with van der Waals surface area (Å²) in [6.07, 6.45) is 12.3. The number of esters is 1. The second-order valence-corrected chi connectivity index (χ2v) is 10.5. The fourth-order valence-electron chi connectivity index (χ4n) is 5.15. The molecule has 1 N–H and O–H groups in total. The number of phenols is 1. The highest BCUT2D eigenvalue weighted by Crippen LogP contribution is 2.53. The molecule has 4 heteroatoms. The molecule has 0 fully saturated rings. The molecule has 180 valence electrons. The fourth-order valence-corrected chi connectivity index (χ4v) is 5.15. The third kappa shape index (κ3) is 5.54. The van der Waals surface area contributed by atoms with Crippen molar-refractivity contribution in [2.75, 3.05) is 7.11 Å². The van der Waals surface area contributed by atoms with E-state index in [1.165, 1.54) is 18.3 Å². The molecule has 0 aromatic heterocycles. The second-order valence-electron chi connectivity index (χ2n) is 10.5. The van der Waals surface area contributed by atoms with E-state index in [0.29, 0.717) is 24.0 Å². The zero-order valence-electron chi connectivity index (χ0n) is 21.3. The number of benzene rings is 1. The number of allylic oxidation sites excluding steroid dienone is 5. The minimum atomic E-state index is -0.592. The van der Waals surface area contributed by atoms with Gasteiger partial charge >= 0.3 is 5.97 Å². The standard InChI is InChI=1S/C29H40O4/c1-18(2)9-8-10-20(5)11-12-22-15-23(30)17-24-26(28(31)32-7)25-16-21(19(3)4)13-14-29(25,6)33-27(22)24/h9,11,13-15,17,19,21,25-26,30H,8,10,12,16H2,1-7H3/b20-11+/t21?,25-,26-,29-/m1/s1. The highest BCUT2D eigenvalue weighted by molar-refractivity contribution is 5.81. The molecule has 4 nitrogen and oxygen atoms in total. The number of rotatable bonds is 7. The number of hydrogen-bond donors (Lipinski definition) is 1. The molecule has 33 heavy (non-hydrogen) atoms. The van der Waals surface area contributed by atoms with Gasteiger partial charge in [0.25, 0.3) is 0 Å². The van der Waals surface area contributed by atoms with E-state index in [1.54, 1.807) is 12.1 Å². The minimum absolute atomic E-state index is 0.0501. The molecule has 4 atom stereocenters. The van der Waals surface area contributed by atoms with Gasteiger partial charge in [0.2, 0.25) is 0 Å². The number of hydrogen-bond acceptors (Lipinski definition) is 4. The summed E-state index contributed by atoms with van der Waals surface area (Å²) in [7, 11) is 1.44. The van der Waals surface area contributed by atoms with Crippen LogP contribution in [0.4, 0.5) is 0 Å². The van der Waals surface area contributed by atoms with Gasteiger partial charge in [-0.2, -0.15) is 0 Å². The maximum Gasteiger partial charge on any atom is 0.313 e.